The van der Waals surface area contributed by atoms with Gasteiger partial charge in [0.05, 0.1) is 89.9 Å². The number of nitrogens with zero attached hydrogens (tertiary/aromatic N) is 3. The van der Waals surface area contributed by atoms with E-state index in [0.29, 0.717) is 51.4 Å². The predicted molar refractivity (Wildman–Crippen MR) is 212 cm³/mol. The van der Waals surface area contributed by atoms with Crippen LogP contribution in [0.25, 0.3) is 0 Å². The summed E-state index contributed by atoms with van der Waals surface area (Å²) < 4.78 is 106. The molecule has 1 fully saturated rings. The molecule has 7 N–H and O–H groups in total. The first-order valence-electron chi connectivity index (χ1n) is 19.5. The largest absolute Gasteiger partial charge is 0.420 e. The monoisotopic (exact) mass is 931 g/mol. The fourth-order valence-corrected chi connectivity index (χ4v) is 9.85. The number of halogens is 5. The lowest BCUT2D eigenvalue weighted by Crippen LogP contribution is -2.51. The van der Waals surface area contributed by atoms with E-state index in [9.17, 15) is 61.2 Å². The van der Waals surface area contributed by atoms with Crippen LogP contribution in [0.1, 0.15) is 31.4 Å². The molecule has 0 spiro atoms. The van der Waals surface area contributed by atoms with Gasteiger partial charge < -0.3 is 59.4 Å². The van der Waals surface area contributed by atoms with E-state index >= 15 is 0 Å². The molecule has 0 bridgehead atoms. The van der Waals surface area contributed by atoms with Gasteiger partial charge in [-0.25, -0.2) is 33.5 Å². The molecule has 348 valence electrons. The zero-order valence-corrected chi connectivity index (χ0v) is 35.1. The molecule has 62 heavy (non-hydrogen) atoms. The Labute approximate surface area is 355 Å². The molecule has 3 aromatic rings. The van der Waals surface area contributed by atoms with E-state index in [4.69, 9.17) is 18.9 Å². The van der Waals surface area contributed by atoms with Gasteiger partial charge in [-0.3, -0.25) is 9.36 Å². The Hall–Kier alpha value is -3.81. The average Bonchev–Trinajstić information content (AvgIpc) is 3.69. The number of nitrogens with one attached hydrogen (secondary N) is 2. The third-order valence-electron chi connectivity index (χ3n) is 9.24. The van der Waals surface area contributed by atoms with Crippen molar-refractivity contribution >= 4 is 36.2 Å². The van der Waals surface area contributed by atoms with E-state index < -0.39 is 101 Å². The first-order valence-corrected chi connectivity index (χ1v) is 22.9. The van der Waals surface area contributed by atoms with E-state index in [-0.39, 0.29) is 45.2 Å². The van der Waals surface area contributed by atoms with Gasteiger partial charge >= 0.3 is 19.6 Å². The highest BCUT2D eigenvalue weighted by molar-refractivity contribution is 8.17. The average molecular weight is 932 g/mol. The summed E-state index contributed by atoms with van der Waals surface area (Å²) in [6, 6.07) is 6.39. The molecule has 25 heteroatoms. The van der Waals surface area contributed by atoms with Gasteiger partial charge in [-0.1, -0.05) is 5.21 Å². The Morgan fingerprint density at radius 1 is 0.806 bits per heavy atom. The Kier molecular flexibility index (Phi) is 20.9. The van der Waals surface area contributed by atoms with Crippen LogP contribution >= 0.6 is 18.5 Å². The minimum Gasteiger partial charge on any atom is -0.420 e. The van der Waals surface area contributed by atoms with E-state index in [1.165, 1.54) is 0 Å². The summed E-state index contributed by atoms with van der Waals surface area (Å²) in [5.74, 6) is -14.1. The van der Waals surface area contributed by atoms with Crippen molar-refractivity contribution in [3.8, 4) is 5.75 Å². The maximum atomic E-state index is 13.6. The number of hydrogen-bond donors (Lipinski definition) is 8. The molecule has 0 aliphatic carbocycles. The first-order chi connectivity index (χ1) is 29.6. The van der Waals surface area contributed by atoms with Gasteiger partial charge in [0.2, 0.25) is 34.8 Å². The van der Waals surface area contributed by atoms with Gasteiger partial charge in [-0.2, -0.15) is 8.78 Å². The molecule has 1 aliphatic rings. The van der Waals surface area contributed by atoms with Crippen LogP contribution in [0.4, 0.5) is 32.4 Å². The van der Waals surface area contributed by atoms with Crippen LogP contribution in [0.5, 0.6) is 5.75 Å². The molecular formula is C37H51F5N5O13PS. The molecule has 1 unspecified atom stereocenters. The number of rotatable bonds is 26. The Morgan fingerprint density at radius 3 is 2.00 bits per heavy atom. The van der Waals surface area contributed by atoms with Crippen LogP contribution in [0.2, 0.25) is 0 Å². The normalized spacial score (nSPS) is 19.7. The van der Waals surface area contributed by atoms with Crippen molar-refractivity contribution in [3.05, 3.63) is 65.2 Å². The van der Waals surface area contributed by atoms with Gasteiger partial charge in [0.1, 0.15) is 6.10 Å². The lowest BCUT2D eigenvalue weighted by molar-refractivity contribution is -0.136. The Morgan fingerprint density at radius 2 is 1.39 bits per heavy atom. The third kappa shape index (κ3) is 16.4. The van der Waals surface area contributed by atoms with E-state index in [0.717, 1.165) is 17.0 Å². The molecule has 2 amide bonds. The van der Waals surface area contributed by atoms with Crippen LogP contribution < -0.4 is 15.4 Å². The topological polar surface area (TPSA) is 253 Å². The minimum absolute atomic E-state index is 0.0165. The summed E-state index contributed by atoms with van der Waals surface area (Å²) in [6.07, 6.45) is -1.00. The van der Waals surface area contributed by atoms with Gasteiger partial charge in [0, 0.05) is 29.4 Å². The number of aryl methyl sites for hydroxylation is 1. The second kappa shape index (κ2) is 25.5. The molecule has 0 radical (unpaired) electrons. The molecule has 1 aromatic heterocycles. The van der Waals surface area contributed by atoms with Crippen LogP contribution in [0.15, 0.2) is 35.4 Å². The third-order valence-corrected chi connectivity index (χ3v) is 13.2. The summed E-state index contributed by atoms with van der Waals surface area (Å²) in [5.41, 5.74) is 1.29. The number of unbranched alkanes of at least 4 members (excludes halogenated alkanes) is 1. The number of hydrogen-bond acceptors (Lipinski definition) is 13. The number of aromatic nitrogens is 3. The van der Waals surface area contributed by atoms with Crippen molar-refractivity contribution in [2.75, 3.05) is 76.6 Å². The van der Waals surface area contributed by atoms with Crippen molar-refractivity contribution in [2.24, 2.45) is 0 Å². The minimum atomic E-state index is -4.33. The quantitative estimate of drug-likeness (QED) is 0.00842. The summed E-state index contributed by atoms with van der Waals surface area (Å²) in [6.45, 7) is 2.31. The Bertz CT molecular complexity index is 1910. The van der Waals surface area contributed by atoms with Crippen LogP contribution in [0.3, 0.4) is 0 Å². The molecule has 5 atom stereocenters. The standard InChI is InChI=1S/C37H51F5N5O13PS/c38-29-30(39)32(41)36(33(42)31(29)40)60-28(49)8-12-56-14-16-58-18-19-59-17-15-57-13-11-47-21-24(45-46-47)3-1-2-10-43-37(52)44-23-4-6-25(7-5-23)62-22-26(48)34(50)35(51)27(62)9-20-61(53,54)55/h4-7,21,26-27,34-35,48,50-51,62H,1-3,8-20,22H2,(H2,43,44,52)(H2,53,54,55)/t26-,27-,34+,35-/m1/s1. The highest BCUT2D eigenvalue weighted by Gasteiger charge is 2.42. The number of ether oxygens (including phenoxy) is 5. The lowest BCUT2D eigenvalue weighted by Gasteiger charge is -2.44. The van der Waals surface area contributed by atoms with Crippen molar-refractivity contribution < 1.29 is 84.9 Å². The summed E-state index contributed by atoms with van der Waals surface area (Å²) in [7, 11) is -5.59. The maximum absolute atomic E-state index is 13.6. The number of amides is 2. The fourth-order valence-electron chi connectivity index (χ4n) is 6.03. The van der Waals surface area contributed by atoms with Gasteiger partial charge in [0.25, 0.3) is 0 Å². The number of aliphatic hydroxyl groups is 3. The van der Waals surface area contributed by atoms with E-state index in [2.05, 4.69) is 25.7 Å². The van der Waals surface area contributed by atoms with Gasteiger partial charge in [0.15, 0.2) is 0 Å². The van der Waals surface area contributed by atoms with Crippen LogP contribution in [0, 0.1) is 29.1 Å². The summed E-state index contributed by atoms with van der Waals surface area (Å²) >= 11 is 0. The second-order valence-corrected chi connectivity index (χ2v) is 18.1. The number of urea groups is 1. The predicted octanol–water partition coefficient (Wildman–Crippen LogP) is 2.57. The van der Waals surface area contributed by atoms with Crippen molar-refractivity contribution in [3.63, 3.8) is 0 Å². The van der Waals surface area contributed by atoms with Crippen LogP contribution in [-0.2, 0) is 41.3 Å². The first kappa shape index (κ1) is 50.8. The fraction of sp³-hybridized carbons (Fsp3) is 0.568. The SMILES string of the molecule is O=C(NCCCCc1cn(CCOCCOCCOCCOCCC(=O)Oc2c(F)c(F)c(F)c(F)c2F)nn1)Nc1ccc([SH]2C[C@@H](O)[C@H](O)[C@H](O)[C@H]2CCP(=O)(O)O)cc1. The smallest absolute Gasteiger partial charge is 0.325 e. The Balaban J connectivity index is 0.970. The van der Waals surface area contributed by atoms with Gasteiger partial charge in [-0.15, -0.1) is 5.10 Å². The van der Waals surface area contributed by atoms with Crippen molar-refractivity contribution in [1.82, 2.24) is 20.3 Å². The zero-order chi connectivity index (χ0) is 45.2. The number of benzene rings is 2. The van der Waals surface area contributed by atoms with Crippen molar-refractivity contribution in [1.29, 1.82) is 0 Å². The molecule has 1 aliphatic heterocycles. The number of anilines is 1. The molecule has 0 saturated carbocycles. The van der Waals surface area contributed by atoms with E-state index in [1.54, 1.807) is 28.9 Å². The highest BCUT2D eigenvalue weighted by Crippen LogP contribution is 2.50. The molecular weight excluding hydrogens is 880 g/mol. The summed E-state index contributed by atoms with van der Waals surface area (Å²) in [5, 5.41) is 44.2. The number of thiol groups is 1. The molecule has 18 nitrogen and oxygen atoms in total. The van der Waals surface area contributed by atoms with E-state index in [1.807, 2.05) is 6.20 Å². The van der Waals surface area contributed by atoms with Gasteiger partial charge in [-0.05, 0) is 54.8 Å². The molecule has 2 heterocycles. The number of esters is 1. The zero-order valence-electron chi connectivity index (χ0n) is 33.3. The number of aliphatic hydroxyl groups excluding tert-OH is 3. The highest BCUT2D eigenvalue weighted by atomic mass is 32.2. The second-order valence-electron chi connectivity index (χ2n) is 13.9. The lowest BCUT2D eigenvalue weighted by atomic mass is 10.0. The van der Waals surface area contributed by atoms with Crippen LogP contribution in [-0.4, -0.2) is 147 Å². The maximum Gasteiger partial charge on any atom is 0.325 e. The number of carbonyl (C=O) groups is 2. The molecule has 1 saturated heterocycles. The molecule has 2 aromatic carbocycles. The van der Waals surface area contributed by atoms with Crippen molar-refractivity contribution in [2.45, 2.75) is 67.1 Å². The number of carbonyl (C=O) groups excluding carboxylic acids is 2. The summed E-state index contributed by atoms with van der Waals surface area (Å²) in [4.78, 5) is 43.6. The molecule has 4 rings (SSSR count).